The lowest BCUT2D eigenvalue weighted by Gasteiger charge is -2.34. The van der Waals surface area contributed by atoms with Crippen LogP contribution in [0.2, 0.25) is 0 Å². The molecule has 68 heavy (non-hydrogen) atoms. The van der Waals surface area contributed by atoms with Crippen molar-refractivity contribution in [1.29, 1.82) is 0 Å². The van der Waals surface area contributed by atoms with Gasteiger partial charge in [-0.2, -0.15) is 29.8 Å². The maximum atomic E-state index is 14.4. The van der Waals surface area contributed by atoms with Gasteiger partial charge >= 0.3 is 5.97 Å². The first-order valence-corrected chi connectivity index (χ1v) is 27.3. The quantitative estimate of drug-likeness (QED) is 0.0352. The molecule has 1 amide bonds. The first-order chi connectivity index (χ1) is 31.9. The number of hydrogen-bond acceptors (Lipinski definition) is 10. The Kier molecular flexibility index (Phi) is 14.2. The summed E-state index contributed by atoms with van der Waals surface area (Å²) in [5, 5.41) is 6.60. The number of carbonyl (C=O) groups excluding carboxylic acids is 2. The molecule has 15 nitrogen and oxygen atoms in total. The number of ether oxygens (including phenoxy) is 1. The lowest BCUT2D eigenvalue weighted by atomic mass is 9.70. The molecule has 0 radical (unpaired) electrons. The molecule has 0 aromatic heterocycles. The van der Waals surface area contributed by atoms with Gasteiger partial charge in [0.2, 0.25) is 11.6 Å². The Bertz CT molecular complexity index is 3200. The number of anilines is 1. The van der Waals surface area contributed by atoms with Gasteiger partial charge in [-0.15, -0.1) is 0 Å². The molecule has 0 bridgehead atoms. The number of nitrogens with zero attached hydrogens (tertiary/aromatic N) is 2. The zero-order valence-corrected chi connectivity index (χ0v) is 41.2. The summed E-state index contributed by atoms with van der Waals surface area (Å²) < 4.78 is 107. The monoisotopic (exact) mass is 988 g/mol. The van der Waals surface area contributed by atoms with E-state index in [4.69, 9.17) is 4.74 Å². The minimum absolute atomic E-state index is 0.0629. The molecule has 0 saturated carbocycles. The molecular weight excluding hydrogens is 931 g/mol. The van der Waals surface area contributed by atoms with Crippen molar-refractivity contribution in [2.75, 3.05) is 48.4 Å². The molecule has 1 aliphatic carbocycles. The fourth-order valence-corrected chi connectivity index (χ4v) is 11.5. The van der Waals surface area contributed by atoms with Gasteiger partial charge in [0.25, 0.3) is 30.4 Å². The molecule has 3 aliphatic rings. The van der Waals surface area contributed by atoms with E-state index >= 15 is 0 Å². The number of esters is 1. The van der Waals surface area contributed by atoms with Crippen LogP contribution in [-0.2, 0) is 55.5 Å². The summed E-state index contributed by atoms with van der Waals surface area (Å²) >= 11 is 0. The van der Waals surface area contributed by atoms with Crippen LogP contribution < -0.4 is 10.2 Å². The van der Waals surface area contributed by atoms with E-state index in [1.54, 1.807) is 6.92 Å². The second-order valence-corrected chi connectivity index (χ2v) is 23.3. The van der Waals surface area contributed by atoms with E-state index < -0.39 is 82.3 Å². The summed E-state index contributed by atoms with van der Waals surface area (Å²) in [6.07, 6.45) is 9.17. The molecule has 4 N–H and O–H groups in total. The average Bonchev–Trinajstić information content (AvgIpc) is 3.61. The van der Waals surface area contributed by atoms with Gasteiger partial charge in [-0.05, 0) is 96.5 Å². The molecule has 1 unspecified atom stereocenters. The Hall–Kier alpha value is -5.50. The molecule has 2 heterocycles. The molecule has 1 atom stereocenters. The third kappa shape index (κ3) is 10.5. The molecule has 4 aromatic rings. The molecule has 362 valence electrons. The predicted molar refractivity (Wildman–Crippen MR) is 264 cm³/mol. The van der Waals surface area contributed by atoms with Crippen LogP contribution in [0.5, 0.6) is 0 Å². The topological polar surface area (TPSA) is 225 Å². The minimum Gasteiger partial charge on any atom is -0.465 e. The third-order valence-electron chi connectivity index (χ3n) is 13.1. The smallest absolute Gasteiger partial charge is 0.322 e. The second kappa shape index (κ2) is 19.1. The molecule has 4 aromatic carbocycles. The van der Waals surface area contributed by atoms with Crippen LogP contribution >= 0.6 is 0 Å². The number of fused-ring (bicyclic) bond motifs is 6. The van der Waals surface area contributed by atoms with Crippen molar-refractivity contribution in [1.82, 2.24) is 5.32 Å². The summed E-state index contributed by atoms with van der Waals surface area (Å²) in [6, 6.07) is 23.9. The van der Waals surface area contributed by atoms with Crippen LogP contribution in [0.4, 0.5) is 11.4 Å². The second-order valence-electron chi connectivity index (χ2n) is 18.6. The van der Waals surface area contributed by atoms with Gasteiger partial charge in [0.15, 0.2) is 11.1 Å². The zero-order valence-electron chi connectivity index (χ0n) is 38.7. The van der Waals surface area contributed by atoms with Gasteiger partial charge < -0.3 is 15.0 Å². The van der Waals surface area contributed by atoms with E-state index in [1.807, 2.05) is 113 Å². The van der Waals surface area contributed by atoms with Crippen molar-refractivity contribution in [3.63, 3.8) is 0 Å². The van der Waals surface area contributed by atoms with Crippen molar-refractivity contribution in [3.8, 4) is 0 Å². The maximum absolute atomic E-state index is 14.4. The molecule has 7 rings (SSSR count). The van der Waals surface area contributed by atoms with E-state index in [-0.39, 0.29) is 45.4 Å². The summed E-state index contributed by atoms with van der Waals surface area (Å²) in [7, 11) is -13.0. The predicted octanol–water partition coefficient (Wildman–Crippen LogP) is 7.36. The van der Waals surface area contributed by atoms with Crippen LogP contribution in [0.1, 0.15) is 71.4 Å². The Balaban J connectivity index is 1.38. The third-order valence-corrected chi connectivity index (χ3v) is 15.4. The largest absolute Gasteiger partial charge is 0.465 e. The van der Waals surface area contributed by atoms with E-state index in [2.05, 4.69) is 33.0 Å². The molecule has 18 heteroatoms. The fraction of sp³-hybridized carbons (Fsp3) is 0.380. The van der Waals surface area contributed by atoms with Gasteiger partial charge in [-0.3, -0.25) is 23.2 Å². The molecular formula is C50H58N3O12S3+. The highest BCUT2D eigenvalue weighted by atomic mass is 32.2. The number of benzene rings is 4. The van der Waals surface area contributed by atoms with Crippen molar-refractivity contribution in [2.45, 2.75) is 71.1 Å². The number of hydrogen-bond donors (Lipinski definition) is 4. The number of nitrogens with one attached hydrogen (secondary N) is 1. The van der Waals surface area contributed by atoms with Crippen LogP contribution in [0.25, 0.3) is 21.5 Å². The first kappa shape index (κ1) is 50.4. The molecule has 0 fully saturated rings. The fourth-order valence-electron chi connectivity index (χ4n) is 10.2. The highest BCUT2D eigenvalue weighted by Gasteiger charge is 2.50. The van der Waals surface area contributed by atoms with Crippen LogP contribution in [0.3, 0.4) is 0 Å². The van der Waals surface area contributed by atoms with Gasteiger partial charge in [0.05, 0.1) is 29.3 Å². The molecule has 0 spiro atoms. The summed E-state index contributed by atoms with van der Waals surface area (Å²) in [5.41, 5.74) is 3.19. The summed E-state index contributed by atoms with van der Waals surface area (Å²) in [5.74, 6) is -3.34. The first-order valence-electron chi connectivity index (χ1n) is 22.4. The van der Waals surface area contributed by atoms with Crippen molar-refractivity contribution in [3.05, 3.63) is 131 Å². The van der Waals surface area contributed by atoms with Crippen molar-refractivity contribution >= 4 is 80.9 Å². The van der Waals surface area contributed by atoms with Gasteiger partial charge in [-0.1, -0.05) is 86.7 Å². The standard InChI is InChI=1S/C50H57N3O12S3/c1-6-65-47(55)50(46(54)51-25-30-68(62,63)64)32-34(17-23-42-48(2,3)44-38-15-9-7-13-36(38)19-21-40(44)52(42)26-11-28-66(56,57)58)31-35(33-50)18-24-43-49(4,5)45-39-16-10-8-14-37(39)20-22-41(45)53(43)27-12-29-67(59,60)61/h7-10,13-24,31H,6,11-12,25-30,32-33H2,1-5H3,(H3-,51,54,56,57,58,59,60,61,62,63,64)/p+1. The number of rotatable bonds is 17. The highest BCUT2D eigenvalue weighted by molar-refractivity contribution is 7.86. The van der Waals surface area contributed by atoms with Gasteiger partial charge in [-0.25, -0.2) is 0 Å². The molecule has 0 saturated heterocycles. The lowest BCUT2D eigenvalue weighted by Crippen LogP contribution is -2.49. The Labute approximate surface area is 398 Å². The molecule has 2 aliphatic heterocycles. The zero-order chi connectivity index (χ0) is 49.5. The highest BCUT2D eigenvalue weighted by Crippen LogP contribution is 2.51. The SMILES string of the molecule is CCOC(=O)C1(C(=O)NCCS(=O)(=O)O)CC(/C=C/C2=[N+](CCCS(=O)(=O)O)c3ccc4ccccc4c3C2(C)C)=CC(=C/C=C2/N(CCCS(=O)(=O)O)c3ccc4ccccc4c3C2(C)C)/C1. The van der Waals surface area contributed by atoms with E-state index in [9.17, 15) is 48.5 Å². The maximum Gasteiger partial charge on any atom is 0.322 e. The Morgan fingerprint density at radius 2 is 1.34 bits per heavy atom. The minimum atomic E-state index is -4.47. The van der Waals surface area contributed by atoms with Crippen LogP contribution in [-0.4, -0.2) is 105 Å². The number of carbonyl (C=O) groups is 2. The summed E-state index contributed by atoms with van der Waals surface area (Å²) in [6.45, 7) is 9.79. The van der Waals surface area contributed by atoms with Crippen molar-refractivity contribution in [2.24, 2.45) is 5.41 Å². The Morgan fingerprint density at radius 1 is 0.735 bits per heavy atom. The van der Waals surface area contributed by atoms with Gasteiger partial charge in [0, 0.05) is 54.0 Å². The number of allylic oxidation sites excluding steroid dienone is 8. The normalized spacial score (nSPS) is 20.4. The lowest BCUT2D eigenvalue weighted by molar-refractivity contribution is -0.437. The van der Waals surface area contributed by atoms with Crippen molar-refractivity contribution < 1.29 is 57.8 Å². The van der Waals surface area contributed by atoms with Gasteiger partial charge in [0.1, 0.15) is 6.54 Å². The van der Waals surface area contributed by atoms with E-state index in [0.29, 0.717) is 11.1 Å². The van der Waals surface area contributed by atoms with E-state index in [1.165, 1.54) is 0 Å². The van der Waals surface area contributed by atoms with Crippen LogP contribution in [0, 0.1) is 5.41 Å². The van der Waals surface area contributed by atoms with Crippen LogP contribution in [0.15, 0.2) is 120 Å². The Morgan fingerprint density at radius 3 is 1.97 bits per heavy atom. The number of amides is 1. The summed E-state index contributed by atoms with van der Waals surface area (Å²) in [4.78, 5) is 30.8. The van der Waals surface area contributed by atoms with E-state index in [0.717, 1.165) is 55.5 Å². The average molecular weight is 989 g/mol.